The maximum Gasteiger partial charge on any atom is 0.293 e. The zero-order chi connectivity index (χ0) is 24.8. The van der Waals surface area contributed by atoms with Gasteiger partial charge in [0, 0.05) is 17.9 Å². The Balaban J connectivity index is 1.56. The molecule has 0 spiro atoms. The van der Waals surface area contributed by atoms with Gasteiger partial charge in [0.15, 0.2) is 0 Å². The van der Waals surface area contributed by atoms with Crippen LogP contribution in [0.2, 0.25) is 0 Å². The van der Waals surface area contributed by atoms with Gasteiger partial charge in [-0.2, -0.15) is 0 Å². The summed E-state index contributed by atoms with van der Waals surface area (Å²) in [6.45, 7) is 0. The monoisotopic (exact) mass is 474 g/mol. The van der Waals surface area contributed by atoms with Crippen molar-refractivity contribution in [1.82, 2.24) is 0 Å². The van der Waals surface area contributed by atoms with Crippen molar-refractivity contribution >= 4 is 34.2 Å². The molecule has 180 valence electrons. The summed E-state index contributed by atoms with van der Waals surface area (Å²) in [7, 11) is 4.65. The van der Waals surface area contributed by atoms with Crippen LogP contribution in [-0.2, 0) is 11.2 Å². The number of rotatable bonds is 9. The van der Waals surface area contributed by atoms with Gasteiger partial charge in [-0.3, -0.25) is 9.59 Å². The minimum atomic E-state index is -0.529. The summed E-state index contributed by atoms with van der Waals surface area (Å²) in [4.78, 5) is 26.1. The number of nitrogens with one attached hydrogen (secondary N) is 2. The molecule has 8 nitrogen and oxygen atoms in total. The Morgan fingerprint density at radius 3 is 2.26 bits per heavy atom. The van der Waals surface area contributed by atoms with Crippen LogP contribution in [-0.4, -0.2) is 33.1 Å². The van der Waals surface area contributed by atoms with E-state index in [1.54, 1.807) is 43.5 Å². The van der Waals surface area contributed by atoms with Gasteiger partial charge in [-0.25, -0.2) is 0 Å². The lowest BCUT2D eigenvalue weighted by molar-refractivity contribution is -0.116. The number of carbonyl (C=O) groups is 2. The molecular weight excluding hydrogens is 448 g/mol. The van der Waals surface area contributed by atoms with Gasteiger partial charge < -0.3 is 29.3 Å². The lowest BCUT2D eigenvalue weighted by Gasteiger charge is -2.12. The summed E-state index contributed by atoms with van der Waals surface area (Å²) >= 11 is 0. The van der Waals surface area contributed by atoms with Crippen LogP contribution < -0.4 is 24.8 Å². The average molecular weight is 475 g/mol. The second-order valence-corrected chi connectivity index (χ2v) is 7.72. The van der Waals surface area contributed by atoms with E-state index in [0.717, 1.165) is 11.3 Å². The van der Waals surface area contributed by atoms with Crippen molar-refractivity contribution in [3.05, 3.63) is 78.1 Å². The number of fused-ring (bicyclic) bond motifs is 1. The lowest BCUT2D eigenvalue weighted by Crippen LogP contribution is -2.17. The van der Waals surface area contributed by atoms with Crippen LogP contribution in [0.3, 0.4) is 0 Å². The predicted molar refractivity (Wildman–Crippen MR) is 134 cm³/mol. The van der Waals surface area contributed by atoms with Gasteiger partial charge in [0.2, 0.25) is 11.7 Å². The predicted octanol–water partition coefficient (Wildman–Crippen LogP) is 5.28. The molecule has 35 heavy (non-hydrogen) atoms. The third kappa shape index (κ3) is 5.38. The maximum atomic E-state index is 13.2. The number of hydrogen-bond acceptors (Lipinski definition) is 6. The molecule has 2 amide bonds. The van der Waals surface area contributed by atoms with Crippen LogP contribution >= 0.6 is 0 Å². The highest BCUT2D eigenvalue weighted by atomic mass is 16.5. The smallest absolute Gasteiger partial charge is 0.293 e. The highest BCUT2D eigenvalue weighted by Crippen LogP contribution is 2.34. The molecular formula is C27H26N2O6. The first-order chi connectivity index (χ1) is 17.0. The normalized spacial score (nSPS) is 10.6. The van der Waals surface area contributed by atoms with E-state index in [2.05, 4.69) is 10.6 Å². The van der Waals surface area contributed by atoms with Gasteiger partial charge in [-0.15, -0.1) is 0 Å². The molecule has 0 fully saturated rings. The van der Waals surface area contributed by atoms with Crippen molar-refractivity contribution in [1.29, 1.82) is 0 Å². The van der Waals surface area contributed by atoms with Crippen LogP contribution in [0, 0.1) is 0 Å². The Hall–Kier alpha value is -4.46. The minimum absolute atomic E-state index is 0.00568. The highest BCUT2D eigenvalue weighted by molar-refractivity contribution is 6.14. The van der Waals surface area contributed by atoms with Crippen molar-refractivity contribution < 1.29 is 28.2 Å². The van der Waals surface area contributed by atoms with E-state index in [1.807, 2.05) is 30.3 Å². The summed E-state index contributed by atoms with van der Waals surface area (Å²) in [5.74, 6) is 0.997. The average Bonchev–Trinajstić information content (AvgIpc) is 3.26. The summed E-state index contributed by atoms with van der Waals surface area (Å²) < 4.78 is 21.6. The van der Waals surface area contributed by atoms with Gasteiger partial charge in [0.1, 0.15) is 28.5 Å². The number of para-hydroxylation sites is 1. The Morgan fingerprint density at radius 1 is 0.829 bits per heavy atom. The molecule has 0 unspecified atom stereocenters. The molecule has 4 rings (SSSR count). The van der Waals surface area contributed by atoms with E-state index in [1.165, 1.54) is 14.2 Å². The molecule has 0 radical (unpaired) electrons. The zero-order valence-corrected chi connectivity index (χ0v) is 19.7. The molecule has 0 saturated heterocycles. The standard InChI is InChI=1S/C27H26N2O6/c1-32-18-11-8-17(9-12-18)10-15-24(30)29-25-20-6-4-5-7-22(20)35-26(25)27(31)28-21-16-19(33-2)13-14-23(21)34-3/h4-9,11-14,16H,10,15H2,1-3H3,(H,28,31)(H,29,30). The number of hydrogen-bond donors (Lipinski definition) is 2. The second kappa shape index (κ2) is 10.6. The molecule has 0 aliphatic rings. The summed E-state index contributed by atoms with van der Waals surface area (Å²) in [5, 5.41) is 6.30. The topological polar surface area (TPSA) is 99.0 Å². The molecule has 2 N–H and O–H groups in total. The van der Waals surface area contributed by atoms with E-state index < -0.39 is 5.91 Å². The quantitative estimate of drug-likeness (QED) is 0.342. The first-order valence-electron chi connectivity index (χ1n) is 11.0. The summed E-state index contributed by atoms with van der Waals surface area (Å²) in [6.07, 6.45) is 0.769. The molecule has 0 atom stereocenters. The molecule has 0 aliphatic carbocycles. The number of benzene rings is 3. The summed E-state index contributed by atoms with van der Waals surface area (Å²) in [6, 6.07) is 19.8. The third-order valence-electron chi connectivity index (χ3n) is 5.52. The van der Waals surface area contributed by atoms with Crippen molar-refractivity contribution in [2.45, 2.75) is 12.8 Å². The van der Waals surface area contributed by atoms with E-state index in [4.69, 9.17) is 18.6 Å². The number of ether oxygens (including phenoxy) is 3. The molecule has 0 saturated carbocycles. The third-order valence-corrected chi connectivity index (χ3v) is 5.52. The van der Waals surface area contributed by atoms with Crippen LogP contribution in [0.4, 0.5) is 11.4 Å². The van der Waals surface area contributed by atoms with E-state index >= 15 is 0 Å². The number of carbonyl (C=O) groups excluding carboxylic acids is 2. The van der Waals surface area contributed by atoms with Crippen LogP contribution in [0.5, 0.6) is 17.2 Å². The van der Waals surface area contributed by atoms with Gasteiger partial charge >= 0.3 is 0 Å². The zero-order valence-electron chi connectivity index (χ0n) is 19.7. The van der Waals surface area contributed by atoms with Gasteiger partial charge in [0.25, 0.3) is 5.91 Å². The number of aryl methyl sites for hydroxylation is 1. The Bertz CT molecular complexity index is 1340. The largest absolute Gasteiger partial charge is 0.497 e. The van der Waals surface area contributed by atoms with Crippen molar-refractivity contribution in [3.63, 3.8) is 0 Å². The molecule has 1 heterocycles. The van der Waals surface area contributed by atoms with E-state index in [-0.39, 0.29) is 18.1 Å². The van der Waals surface area contributed by atoms with Crippen molar-refractivity contribution in [3.8, 4) is 17.2 Å². The lowest BCUT2D eigenvalue weighted by atomic mass is 10.1. The molecule has 8 heteroatoms. The van der Waals surface area contributed by atoms with Crippen molar-refractivity contribution in [2.75, 3.05) is 32.0 Å². The van der Waals surface area contributed by atoms with Crippen LogP contribution in [0.25, 0.3) is 11.0 Å². The Kier molecular flexibility index (Phi) is 7.21. The number of amides is 2. The molecule has 0 bridgehead atoms. The Morgan fingerprint density at radius 2 is 1.54 bits per heavy atom. The maximum absolute atomic E-state index is 13.2. The second-order valence-electron chi connectivity index (χ2n) is 7.72. The number of anilines is 2. The first kappa shape index (κ1) is 23.7. The SMILES string of the molecule is COc1ccc(CCC(=O)Nc2c(C(=O)Nc3cc(OC)ccc3OC)oc3ccccc23)cc1. The summed E-state index contributed by atoms with van der Waals surface area (Å²) in [5.41, 5.74) is 2.22. The molecule has 4 aromatic rings. The fourth-order valence-electron chi connectivity index (χ4n) is 3.67. The number of furan rings is 1. The number of methoxy groups -OCH3 is 3. The molecule has 1 aromatic heterocycles. The molecule has 0 aliphatic heterocycles. The minimum Gasteiger partial charge on any atom is -0.497 e. The Labute approximate surface area is 202 Å². The van der Waals surface area contributed by atoms with Gasteiger partial charge in [0.05, 0.1) is 27.0 Å². The fraction of sp³-hybridized carbons (Fsp3) is 0.185. The fourth-order valence-corrected chi connectivity index (χ4v) is 3.67. The van der Waals surface area contributed by atoms with E-state index in [9.17, 15) is 9.59 Å². The molecule has 3 aromatic carbocycles. The highest BCUT2D eigenvalue weighted by Gasteiger charge is 2.23. The van der Waals surface area contributed by atoms with Gasteiger partial charge in [-0.05, 0) is 48.4 Å². The van der Waals surface area contributed by atoms with Gasteiger partial charge in [-0.1, -0.05) is 24.3 Å². The van der Waals surface area contributed by atoms with E-state index in [0.29, 0.717) is 40.3 Å². The first-order valence-corrected chi connectivity index (χ1v) is 11.0. The van der Waals surface area contributed by atoms with Crippen LogP contribution in [0.1, 0.15) is 22.5 Å². The van der Waals surface area contributed by atoms with Crippen LogP contribution in [0.15, 0.2) is 71.1 Å². The van der Waals surface area contributed by atoms with Crippen molar-refractivity contribution in [2.24, 2.45) is 0 Å².